The topological polar surface area (TPSA) is 67.4 Å². The van der Waals surface area contributed by atoms with Gasteiger partial charge in [0.2, 0.25) is 5.91 Å². The Morgan fingerprint density at radius 3 is 2.80 bits per heavy atom. The van der Waals surface area contributed by atoms with Crippen LogP contribution in [0.1, 0.15) is 26.2 Å². The average molecular weight is 340 g/mol. The highest BCUT2D eigenvalue weighted by molar-refractivity contribution is 5.89. The van der Waals surface area contributed by atoms with Crippen molar-refractivity contribution in [3.05, 3.63) is 42.5 Å². The van der Waals surface area contributed by atoms with Crippen LogP contribution < -0.4 is 15.0 Å². The lowest BCUT2D eigenvalue weighted by Gasteiger charge is -2.31. The highest BCUT2D eigenvalue weighted by atomic mass is 16.5. The summed E-state index contributed by atoms with van der Waals surface area (Å²) in [7, 11) is 0. The van der Waals surface area contributed by atoms with Gasteiger partial charge in [0.15, 0.2) is 11.6 Å². The summed E-state index contributed by atoms with van der Waals surface area (Å²) in [5.74, 6) is 2.65. The third-order valence-electron chi connectivity index (χ3n) is 4.24. The first-order valence-corrected chi connectivity index (χ1v) is 8.77. The number of carbonyl (C=O) groups excluding carboxylic acids is 1. The highest BCUT2D eigenvalue weighted by Gasteiger charge is 2.17. The van der Waals surface area contributed by atoms with Gasteiger partial charge >= 0.3 is 0 Å². The van der Waals surface area contributed by atoms with E-state index in [1.54, 1.807) is 6.07 Å². The number of amides is 1. The summed E-state index contributed by atoms with van der Waals surface area (Å²) in [6.45, 7) is 4.61. The van der Waals surface area contributed by atoms with Crippen molar-refractivity contribution in [2.75, 3.05) is 29.9 Å². The van der Waals surface area contributed by atoms with Crippen LogP contribution in [0.15, 0.2) is 42.5 Å². The second kappa shape index (κ2) is 8.46. The SMILES string of the molecule is CC1CCCN(c2ccc(NC(=O)CCOc3ccccc3)nn2)C1. The molecule has 0 bridgehead atoms. The molecule has 1 saturated heterocycles. The molecule has 1 aromatic heterocycles. The number of carbonyl (C=O) groups is 1. The van der Waals surface area contributed by atoms with E-state index in [4.69, 9.17) is 4.74 Å². The van der Waals surface area contributed by atoms with E-state index in [1.807, 2.05) is 36.4 Å². The smallest absolute Gasteiger partial charge is 0.229 e. The van der Waals surface area contributed by atoms with E-state index in [0.29, 0.717) is 18.3 Å². The molecule has 1 amide bonds. The Morgan fingerprint density at radius 1 is 1.24 bits per heavy atom. The molecule has 0 spiro atoms. The van der Waals surface area contributed by atoms with Crippen LogP contribution in [0.3, 0.4) is 0 Å². The van der Waals surface area contributed by atoms with Gasteiger partial charge in [-0.2, -0.15) is 0 Å². The molecule has 1 aliphatic rings. The molecule has 3 rings (SSSR count). The Bertz CT molecular complexity index is 676. The lowest BCUT2D eigenvalue weighted by Crippen LogP contribution is -2.34. The quantitative estimate of drug-likeness (QED) is 0.875. The van der Waals surface area contributed by atoms with Crippen LogP contribution >= 0.6 is 0 Å². The van der Waals surface area contributed by atoms with Crippen molar-refractivity contribution < 1.29 is 9.53 Å². The van der Waals surface area contributed by atoms with Crippen molar-refractivity contribution >= 4 is 17.5 Å². The maximum absolute atomic E-state index is 12.0. The van der Waals surface area contributed by atoms with Crippen LogP contribution in [0.4, 0.5) is 11.6 Å². The predicted octanol–water partition coefficient (Wildman–Crippen LogP) is 3.12. The molecule has 2 aromatic rings. The molecule has 0 aliphatic carbocycles. The molecule has 0 radical (unpaired) electrons. The Kier molecular flexibility index (Phi) is 5.82. The number of benzene rings is 1. The van der Waals surface area contributed by atoms with E-state index < -0.39 is 0 Å². The minimum absolute atomic E-state index is 0.135. The number of hydrogen-bond donors (Lipinski definition) is 1. The molecule has 2 heterocycles. The van der Waals surface area contributed by atoms with Gasteiger partial charge in [-0.15, -0.1) is 10.2 Å². The first kappa shape index (κ1) is 17.2. The number of piperidine rings is 1. The summed E-state index contributed by atoms with van der Waals surface area (Å²) in [4.78, 5) is 14.2. The van der Waals surface area contributed by atoms with E-state index in [2.05, 4.69) is 27.3 Å². The molecule has 0 saturated carbocycles. The largest absolute Gasteiger partial charge is 0.493 e. The molecule has 1 aromatic carbocycles. The summed E-state index contributed by atoms with van der Waals surface area (Å²) in [5.41, 5.74) is 0. The van der Waals surface area contributed by atoms with Crippen LogP contribution in [-0.2, 0) is 4.79 Å². The zero-order valence-corrected chi connectivity index (χ0v) is 14.5. The maximum atomic E-state index is 12.0. The third kappa shape index (κ3) is 5.17. The number of nitrogens with one attached hydrogen (secondary N) is 1. The minimum Gasteiger partial charge on any atom is -0.493 e. The molecule has 1 N–H and O–H groups in total. The predicted molar refractivity (Wildman–Crippen MR) is 97.8 cm³/mol. The van der Waals surface area contributed by atoms with Gasteiger partial charge in [-0.25, -0.2) is 0 Å². The Labute approximate surface area is 148 Å². The second-order valence-corrected chi connectivity index (χ2v) is 6.43. The molecular weight excluding hydrogens is 316 g/mol. The van der Waals surface area contributed by atoms with Crippen molar-refractivity contribution in [2.24, 2.45) is 5.92 Å². The van der Waals surface area contributed by atoms with Crippen molar-refractivity contribution in [1.82, 2.24) is 10.2 Å². The molecule has 6 nitrogen and oxygen atoms in total. The van der Waals surface area contributed by atoms with Crippen molar-refractivity contribution in [3.8, 4) is 5.75 Å². The summed E-state index contributed by atoms with van der Waals surface area (Å²) in [5, 5.41) is 11.1. The fourth-order valence-electron chi connectivity index (χ4n) is 2.94. The molecule has 6 heteroatoms. The highest BCUT2D eigenvalue weighted by Crippen LogP contribution is 2.21. The lowest BCUT2D eigenvalue weighted by atomic mass is 10.0. The van der Waals surface area contributed by atoms with Crippen LogP contribution in [0.5, 0.6) is 5.75 Å². The lowest BCUT2D eigenvalue weighted by molar-refractivity contribution is -0.116. The Balaban J connectivity index is 1.45. The number of nitrogens with zero attached hydrogens (tertiary/aromatic N) is 3. The minimum atomic E-state index is -0.135. The number of rotatable bonds is 6. The van der Waals surface area contributed by atoms with Crippen LogP contribution in [0.25, 0.3) is 0 Å². The molecule has 1 fully saturated rings. The summed E-state index contributed by atoms with van der Waals surface area (Å²) in [6, 6.07) is 13.2. The van der Waals surface area contributed by atoms with E-state index >= 15 is 0 Å². The number of hydrogen-bond acceptors (Lipinski definition) is 5. The third-order valence-corrected chi connectivity index (χ3v) is 4.24. The van der Waals surface area contributed by atoms with Gasteiger partial charge in [0.1, 0.15) is 5.75 Å². The summed E-state index contributed by atoms with van der Waals surface area (Å²) < 4.78 is 5.52. The van der Waals surface area contributed by atoms with E-state index in [9.17, 15) is 4.79 Å². The monoisotopic (exact) mass is 340 g/mol. The maximum Gasteiger partial charge on any atom is 0.229 e. The summed E-state index contributed by atoms with van der Waals surface area (Å²) in [6.07, 6.45) is 2.72. The fraction of sp³-hybridized carbons (Fsp3) is 0.421. The van der Waals surface area contributed by atoms with Crippen molar-refractivity contribution in [2.45, 2.75) is 26.2 Å². The van der Waals surface area contributed by atoms with Crippen LogP contribution in [-0.4, -0.2) is 35.8 Å². The zero-order valence-electron chi connectivity index (χ0n) is 14.5. The first-order chi connectivity index (χ1) is 12.2. The van der Waals surface area contributed by atoms with E-state index in [1.165, 1.54) is 12.8 Å². The number of aromatic nitrogens is 2. The van der Waals surface area contributed by atoms with Gasteiger partial charge in [-0.1, -0.05) is 25.1 Å². The van der Waals surface area contributed by atoms with Gasteiger partial charge in [0.05, 0.1) is 13.0 Å². The molecule has 1 atom stereocenters. The first-order valence-electron chi connectivity index (χ1n) is 8.77. The Morgan fingerprint density at radius 2 is 2.08 bits per heavy atom. The van der Waals surface area contributed by atoms with Gasteiger partial charge in [-0.05, 0) is 43.0 Å². The van der Waals surface area contributed by atoms with E-state index in [-0.39, 0.29) is 12.3 Å². The normalized spacial score (nSPS) is 17.2. The van der Waals surface area contributed by atoms with Crippen LogP contribution in [0.2, 0.25) is 0 Å². The second-order valence-electron chi connectivity index (χ2n) is 6.43. The number of anilines is 2. The molecule has 25 heavy (non-hydrogen) atoms. The van der Waals surface area contributed by atoms with Gasteiger partial charge < -0.3 is 15.0 Å². The number of ether oxygens (including phenoxy) is 1. The van der Waals surface area contributed by atoms with Gasteiger partial charge in [-0.3, -0.25) is 4.79 Å². The molecule has 1 aliphatic heterocycles. The van der Waals surface area contributed by atoms with Gasteiger partial charge in [0, 0.05) is 13.1 Å². The molecular formula is C19H24N4O2. The average Bonchev–Trinajstić information content (AvgIpc) is 2.63. The van der Waals surface area contributed by atoms with E-state index in [0.717, 1.165) is 24.7 Å². The van der Waals surface area contributed by atoms with Crippen LogP contribution in [0, 0.1) is 5.92 Å². The molecule has 132 valence electrons. The fourth-order valence-corrected chi connectivity index (χ4v) is 2.94. The van der Waals surface area contributed by atoms with Crippen molar-refractivity contribution in [3.63, 3.8) is 0 Å². The Hall–Kier alpha value is -2.63. The van der Waals surface area contributed by atoms with Gasteiger partial charge in [0.25, 0.3) is 0 Å². The van der Waals surface area contributed by atoms with Crippen molar-refractivity contribution in [1.29, 1.82) is 0 Å². The summed E-state index contributed by atoms with van der Waals surface area (Å²) >= 11 is 0. The molecule has 1 unspecified atom stereocenters. The number of para-hydroxylation sites is 1. The zero-order chi connectivity index (χ0) is 17.5. The standard InChI is InChI=1S/C19H24N4O2/c1-15-6-5-12-23(14-15)18-10-9-17(21-22-18)20-19(24)11-13-25-16-7-3-2-4-8-16/h2-4,7-10,15H,5-6,11-14H2,1H3,(H,20,21,24).